The van der Waals surface area contributed by atoms with E-state index in [0.717, 1.165) is 16.7 Å². The van der Waals surface area contributed by atoms with Crippen LogP contribution in [-0.4, -0.2) is 53.1 Å². The first-order valence-corrected chi connectivity index (χ1v) is 11.4. The number of nitrogens with one attached hydrogen (secondary N) is 1. The molecule has 1 N–H and O–H groups in total. The lowest BCUT2D eigenvalue weighted by Crippen LogP contribution is -2.10. The van der Waals surface area contributed by atoms with Crippen LogP contribution in [0.2, 0.25) is 0 Å². The van der Waals surface area contributed by atoms with Gasteiger partial charge in [0.05, 0.1) is 24.3 Å². The van der Waals surface area contributed by atoms with Gasteiger partial charge in [-0.15, -0.1) is 0 Å². The first-order valence-electron chi connectivity index (χ1n) is 8.41. The molecule has 31 heavy (non-hydrogen) atoms. The summed E-state index contributed by atoms with van der Waals surface area (Å²) in [5, 5.41) is 12.2. The van der Waals surface area contributed by atoms with Gasteiger partial charge in [-0.1, -0.05) is 46.1 Å². The molecule has 2 aromatic rings. The molecule has 1 aromatic carbocycles. The zero-order valence-corrected chi connectivity index (χ0v) is 18.4. The Bertz CT molecular complexity index is 1090. The highest BCUT2D eigenvalue weighted by Crippen LogP contribution is 2.26. The fraction of sp³-hybridized carbons (Fsp3) is 0.250. The van der Waals surface area contributed by atoms with Crippen LogP contribution in [0.25, 0.3) is 0 Å². The Balaban J connectivity index is 0.000000316. The number of carbonyl (C=O) groups is 1. The van der Waals surface area contributed by atoms with Crippen molar-refractivity contribution in [3.63, 3.8) is 0 Å². The van der Waals surface area contributed by atoms with Crippen LogP contribution in [0.1, 0.15) is 5.69 Å². The number of hydrogen-bond acceptors (Lipinski definition) is 11. The van der Waals surface area contributed by atoms with E-state index >= 15 is 0 Å². The number of nitrogens with zero attached hydrogens (tertiary/aromatic N) is 5. The number of aromatic nitrogens is 2. The molecular formula is C16H16N6O6S3. The summed E-state index contributed by atoms with van der Waals surface area (Å²) in [4.78, 5) is 33.2. The first-order chi connectivity index (χ1) is 14.9. The molecule has 0 fully saturated rings. The van der Waals surface area contributed by atoms with Gasteiger partial charge in [-0.25, -0.2) is 9.78 Å². The second-order valence-electron chi connectivity index (χ2n) is 5.34. The third kappa shape index (κ3) is 9.10. The summed E-state index contributed by atoms with van der Waals surface area (Å²) in [7, 11) is -1.40. The average Bonchev–Trinajstić information content (AvgIpc) is 3.26. The monoisotopic (exact) mass is 484 g/mol. The van der Waals surface area contributed by atoms with Gasteiger partial charge in [0, 0.05) is 29.7 Å². The molecule has 164 valence electrons. The summed E-state index contributed by atoms with van der Waals surface area (Å²) >= 11 is 3.21. The van der Waals surface area contributed by atoms with Crippen LogP contribution in [0, 0.1) is 10.1 Å². The second kappa shape index (κ2) is 12.6. The van der Waals surface area contributed by atoms with E-state index in [1.165, 1.54) is 31.0 Å². The minimum absolute atomic E-state index is 0.0739. The van der Waals surface area contributed by atoms with Gasteiger partial charge in [-0.2, -0.15) is 13.4 Å². The summed E-state index contributed by atoms with van der Waals surface area (Å²) in [5.74, 6) is 1.68. The second-order valence-corrected chi connectivity index (χ2v) is 8.26. The lowest BCUT2D eigenvalue weighted by molar-refractivity contribution is -0.384. The molecule has 0 aliphatic carbocycles. The molecular weight excluding hydrogens is 468 g/mol. The summed E-state index contributed by atoms with van der Waals surface area (Å²) < 4.78 is 29.5. The van der Waals surface area contributed by atoms with Crippen molar-refractivity contribution in [2.75, 3.05) is 24.7 Å². The molecule has 0 bridgehead atoms. The van der Waals surface area contributed by atoms with Crippen LogP contribution in [-0.2, 0) is 16.3 Å². The van der Waals surface area contributed by atoms with Gasteiger partial charge >= 0.3 is 16.5 Å². The molecule has 2 amide bonds. The maximum atomic E-state index is 11.3. The standard InChI is InChI=1S/C10H11N5O4S3.C6H5NO2/c1-19-7-4-6(5-21-10-11-2-3-20-10)12-8(13-7)14-9(16)15-22(17)18;8-7(9)6-4-2-1-3-5-6/h4H,2-3,5H2,1H3,(H,12,13,14,16);1-5H. The first kappa shape index (κ1) is 24.2. The third-order valence-electron chi connectivity index (χ3n) is 3.21. The van der Waals surface area contributed by atoms with Gasteiger partial charge < -0.3 is 4.74 Å². The van der Waals surface area contributed by atoms with Crippen LogP contribution >= 0.6 is 23.5 Å². The van der Waals surface area contributed by atoms with Gasteiger partial charge in [0.25, 0.3) is 5.69 Å². The number of rotatable bonds is 5. The molecule has 0 spiro atoms. The number of anilines is 1. The molecule has 15 heteroatoms. The van der Waals surface area contributed by atoms with Gasteiger partial charge in [0.15, 0.2) is 0 Å². The van der Waals surface area contributed by atoms with Crippen LogP contribution in [0.4, 0.5) is 16.4 Å². The molecule has 3 rings (SSSR count). The number of nitro groups is 1. The normalized spacial score (nSPS) is 12.1. The topological polar surface area (TPSA) is 166 Å². The van der Waals surface area contributed by atoms with Crippen LogP contribution in [0.5, 0.6) is 5.88 Å². The number of amides is 2. The predicted molar refractivity (Wildman–Crippen MR) is 118 cm³/mol. The summed E-state index contributed by atoms with van der Waals surface area (Å²) in [6.45, 7) is 0.815. The van der Waals surface area contributed by atoms with Crippen LogP contribution in [0.15, 0.2) is 45.8 Å². The lowest BCUT2D eigenvalue weighted by Gasteiger charge is -2.06. The number of benzene rings is 1. The smallest absolute Gasteiger partial charge is 0.362 e. The predicted octanol–water partition coefficient (Wildman–Crippen LogP) is 3.01. The number of methoxy groups -OCH3 is 1. The Morgan fingerprint density at radius 3 is 2.65 bits per heavy atom. The molecule has 0 atom stereocenters. The summed E-state index contributed by atoms with van der Waals surface area (Å²) in [5.41, 5.74) is 0.753. The Kier molecular flexibility index (Phi) is 9.86. The SMILES string of the molecule is COc1cc(CSC2=NCCS2)nc(NC(=O)N=S(=O)=O)n1.O=[N+]([O-])c1ccccc1. The zero-order valence-electron chi connectivity index (χ0n) is 16.0. The largest absolute Gasteiger partial charge is 0.481 e. The Morgan fingerprint density at radius 2 is 2.10 bits per heavy atom. The number of aliphatic imine (C=N–C) groups is 1. The zero-order chi connectivity index (χ0) is 22.6. The van der Waals surface area contributed by atoms with E-state index in [4.69, 9.17) is 4.74 Å². The van der Waals surface area contributed by atoms with E-state index in [1.807, 2.05) is 0 Å². The molecule has 0 unspecified atom stereocenters. The maximum Gasteiger partial charge on any atom is 0.362 e. The number of nitro benzene ring substituents is 1. The molecule has 1 aliphatic heterocycles. The minimum atomic E-state index is -2.83. The van der Waals surface area contributed by atoms with Crippen molar-refractivity contribution in [2.24, 2.45) is 9.36 Å². The molecule has 0 radical (unpaired) electrons. The Hall–Kier alpha value is -3.04. The lowest BCUT2D eigenvalue weighted by atomic mass is 10.3. The summed E-state index contributed by atoms with van der Waals surface area (Å²) in [6, 6.07) is 8.49. The van der Waals surface area contributed by atoms with Crippen molar-refractivity contribution in [1.29, 1.82) is 0 Å². The molecule has 1 aliphatic rings. The Morgan fingerprint density at radius 1 is 1.35 bits per heavy atom. The van der Waals surface area contributed by atoms with E-state index in [0.29, 0.717) is 11.4 Å². The van der Waals surface area contributed by atoms with E-state index in [1.54, 1.807) is 36.0 Å². The average molecular weight is 485 g/mol. The van der Waals surface area contributed by atoms with Gasteiger partial charge in [0.2, 0.25) is 11.8 Å². The van der Waals surface area contributed by atoms with Crippen LogP contribution in [0.3, 0.4) is 0 Å². The highest BCUT2D eigenvalue weighted by atomic mass is 32.2. The van der Waals surface area contributed by atoms with Crippen molar-refractivity contribution in [3.8, 4) is 5.88 Å². The van der Waals surface area contributed by atoms with Crippen molar-refractivity contribution in [3.05, 3.63) is 52.2 Å². The minimum Gasteiger partial charge on any atom is -0.481 e. The van der Waals surface area contributed by atoms with Gasteiger partial charge in [-0.3, -0.25) is 20.4 Å². The van der Waals surface area contributed by atoms with Crippen molar-refractivity contribution >= 4 is 56.1 Å². The van der Waals surface area contributed by atoms with E-state index < -0.39 is 21.5 Å². The van der Waals surface area contributed by atoms with Crippen molar-refractivity contribution in [1.82, 2.24) is 9.97 Å². The van der Waals surface area contributed by atoms with Gasteiger partial charge in [-0.05, 0) is 0 Å². The number of non-ortho nitro benzene ring substituents is 1. The number of para-hydroxylation sites is 1. The highest BCUT2D eigenvalue weighted by Gasteiger charge is 2.12. The van der Waals surface area contributed by atoms with E-state index in [2.05, 4.69) is 24.6 Å². The number of ether oxygens (including phenoxy) is 1. The van der Waals surface area contributed by atoms with Gasteiger partial charge in [0.1, 0.15) is 4.38 Å². The molecule has 1 aromatic heterocycles. The maximum absolute atomic E-state index is 11.3. The summed E-state index contributed by atoms with van der Waals surface area (Å²) in [6.07, 6.45) is 0. The Labute approximate surface area is 186 Å². The van der Waals surface area contributed by atoms with Crippen molar-refractivity contribution < 1.29 is 22.9 Å². The molecule has 0 saturated heterocycles. The van der Waals surface area contributed by atoms with E-state index in [9.17, 15) is 23.3 Å². The fourth-order valence-electron chi connectivity index (χ4n) is 1.98. The molecule has 0 saturated carbocycles. The van der Waals surface area contributed by atoms with E-state index in [-0.39, 0.29) is 17.5 Å². The third-order valence-corrected chi connectivity index (χ3v) is 5.81. The quantitative estimate of drug-likeness (QED) is 0.492. The number of hydrogen-bond donors (Lipinski definition) is 1. The molecule has 12 nitrogen and oxygen atoms in total. The molecule has 2 heterocycles. The fourth-order valence-corrected chi connectivity index (χ4v) is 4.06. The highest BCUT2D eigenvalue weighted by molar-refractivity contribution is 8.38. The van der Waals surface area contributed by atoms with Crippen molar-refractivity contribution in [2.45, 2.75) is 5.75 Å². The number of urea groups is 1. The number of thioether (sulfide) groups is 2. The van der Waals surface area contributed by atoms with Crippen LogP contribution < -0.4 is 10.1 Å². The number of carbonyl (C=O) groups excluding carboxylic acids is 1.